The summed E-state index contributed by atoms with van der Waals surface area (Å²) in [5.74, 6) is 2.84. The SMILES string of the molecule is CCCCCc1ccc(-c2ccc(C#Cc3ccc4cc(F)c(F)cc4c3)c(F)c2)c(F)c1. The Morgan fingerprint density at radius 1 is 0.636 bits per heavy atom. The Balaban J connectivity index is 1.56. The molecule has 0 aromatic heterocycles. The molecule has 0 unspecified atom stereocenters. The maximum atomic E-state index is 14.7. The zero-order chi connectivity index (χ0) is 23.4. The van der Waals surface area contributed by atoms with Gasteiger partial charge < -0.3 is 0 Å². The van der Waals surface area contributed by atoms with E-state index in [9.17, 15) is 17.6 Å². The largest absolute Gasteiger partial charge is 0.206 e. The molecule has 0 N–H and O–H groups in total. The lowest BCUT2D eigenvalue weighted by Crippen LogP contribution is -1.92. The van der Waals surface area contributed by atoms with Gasteiger partial charge in [0.05, 0.1) is 5.56 Å². The lowest BCUT2D eigenvalue weighted by atomic mass is 9.99. The number of benzene rings is 4. The zero-order valence-electron chi connectivity index (χ0n) is 18.2. The molecule has 4 aromatic rings. The summed E-state index contributed by atoms with van der Waals surface area (Å²) in [7, 11) is 0. The number of hydrogen-bond donors (Lipinski definition) is 0. The normalized spacial score (nSPS) is 10.8. The van der Waals surface area contributed by atoms with E-state index in [2.05, 4.69) is 18.8 Å². The highest BCUT2D eigenvalue weighted by Gasteiger charge is 2.09. The van der Waals surface area contributed by atoms with Crippen LogP contribution in [0.3, 0.4) is 0 Å². The van der Waals surface area contributed by atoms with Gasteiger partial charge in [-0.25, -0.2) is 17.6 Å². The summed E-state index contributed by atoms with van der Waals surface area (Å²) < 4.78 is 56.2. The van der Waals surface area contributed by atoms with E-state index < -0.39 is 17.5 Å². The molecule has 0 saturated heterocycles. The first-order valence-electron chi connectivity index (χ1n) is 10.9. The van der Waals surface area contributed by atoms with E-state index in [1.54, 1.807) is 30.3 Å². The monoisotopic (exact) mass is 446 g/mol. The van der Waals surface area contributed by atoms with E-state index in [-0.39, 0.29) is 11.4 Å². The molecule has 0 nitrogen and oxygen atoms in total. The maximum Gasteiger partial charge on any atom is 0.159 e. The van der Waals surface area contributed by atoms with Crippen molar-refractivity contribution in [3.8, 4) is 23.0 Å². The molecule has 0 atom stereocenters. The highest BCUT2D eigenvalue weighted by molar-refractivity contribution is 5.84. The second kappa shape index (κ2) is 9.92. The van der Waals surface area contributed by atoms with Crippen LogP contribution >= 0.6 is 0 Å². The minimum atomic E-state index is -0.935. The minimum absolute atomic E-state index is 0.167. The van der Waals surface area contributed by atoms with Crippen LogP contribution in [0.5, 0.6) is 0 Å². The second-order valence-corrected chi connectivity index (χ2v) is 8.04. The van der Waals surface area contributed by atoms with E-state index in [1.165, 1.54) is 18.2 Å². The first kappa shape index (κ1) is 22.6. The Labute approximate surface area is 190 Å². The Kier molecular flexibility index (Phi) is 6.79. The third-order valence-electron chi connectivity index (χ3n) is 5.60. The van der Waals surface area contributed by atoms with Crippen molar-refractivity contribution in [2.45, 2.75) is 32.6 Å². The number of rotatable bonds is 5. The Hall–Kier alpha value is -3.58. The van der Waals surface area contributed by atoms with Crippen LogP contribution in [-0.4, -0.2) is 0 Å². The molecule has 0 amide bonds. The van der Waals surface area contributed by atoms with Crippen LogP contribution < -0.4 is 0 Å². The van der Waals surface area contributed by atoms with Gasteiger partial charge in [-0.3, -0.25) is 0 Å². The Morgan fingerprint density at radius 3 is 2.15 bits per heavy atom. The fourth-order valence-electron chi connectivity index (χ4n) is 3.77. The third-order valence-corrected chi connectivity index (χ3v) is 5.60. The predicted octanol–water partition coefficient (Wildman–Crippen LogP) is 8.20. The molecular weight excluding hydrogens is 424 g/mol. The van der Waals surface area contributed by atoms with Crippen molar-refractivity contribution in [2.75, 3.05) is 0 Å². The number of aryl methyl sites for hydroxylation is 1. The highest BCUT2D eigenvalue weighted by atomic mass is 19.2. The first-order chi connectivity index (χ1) is 15.9. The lowest BCUT2D eigenvalue weighted by Gasteiger charge is -2.07. The smallest absolute Gasteiger partial charge is 0.159 e. The van der Waals surface area contributed by atoms with Gasteiger partial charge >= 0.3 is 0 Å². The minimum Gasteiger partial charge on any atom is -0.206 e. The van der Waals surface area contributed by atoms with Crippen LogP contribution in [-0.2, 0) is 6.42 Å². The average Bonchev–Trinajstić information content (AvgIpc) is 2.79. The first-order valence-corrected chi connectivity index (χ1v) is 10.9. The Morgan fingerprint density at radius 2 is 1.42 bits per heavy atom. The number of halogens is 4. The van der Waals surface area contributed by atoms with Gasteiger partial charge in [0.25, 0.3) is 0 Å². The lowest BCUT2D eigenvalue weighted by molar-refractivity contribution is 0.511. The number of unbranched alkanes of at least 4 members (excludes halogenated alkanes) is 2. The Bertz CT molecular complexity index is 1380. The van der Waals surface area contributed by atoms with Gasteiger partial charge in [-0.2, -0.15) is 0 Å². The fourth-order valence-corrected chi connectivity index (χ4v) is 3.77. The van der Waals surface area contributed by atoms with Crippen molar-refractivity contribution < 1.29 is 17.6 Å². The molecule has 0 aliphatic rings. The van der Waals surface area contributed by atoms with Crippen LogP contribution in [0.25, 0.3) is 21.9 Å². The van der Waals surface area contributed by atoms with Crippen molar-refractivity contribution in [3.63, 3.8) is 0 Å². The highest BCUT2D eigenvalue weighted by Crippen LogP contribution is 2.26. The molecule has 0 aliphatic heterocycles. The van der Waals surface area contributed by atoms with Crippen LogP contribution in [0.4, 0.5) is 17.6 Å². The van der Waals surface area contributed by atoms with Gasteiger partial charge in [-0.15, -0.1) is 0 Å². The molecule has 0 fully saturated rings. The van der Waals surface area contributed by atoms with Crippen LogP contribution in [0, 0.1) is 35.1 Å². The zero-order valence-corrected chi connectivity index (χ0v) is 18.2. The van der Waals surface area contributed by atoms with Gasteiger partial charge in [-0.05, 0) is 77.2 Å². The number of hydrogen-bond acceptors (Lipinski definition) is 0. The van der Waals surface area contributed by atoms with Crippen molar-refractivity contribution in [3.05, 3.63) is 107 Å². The molecule has 0 bridgehead atoms. The van der Waals surface area contributed by atoms with E-state index in [0.29, 0.717) is 27.5 Å². The number of fused-ring (bicyclic) bond motifs is 1. The summed E-state index contributed by atoms with van der Waals surface area (Å²) in [5.41, 5.74) is 2.43. The van der Waals surface area contributed by atoms with Gasteiger partial charge in [0.2, 0.25) is 0 Å². The van der Waals surface area contributed by atoms with Gasteiger partial charge in [0, 0.05) is 11.1 Å². The molecule has 0 heterocycles. The van der Waals surface area contributed by atoms with Crippen LogP contribution in [0.2, 0.25) is 0 Å². The molecule has 4 rings (SSSR count). The van der Waals surface area contributed by atoms with E-state index in [4.69, 9.17) is 0 Å². The molecule has 166 valence electrons. The molecular formula is C29H22F4. The third kappa shape index (κ3) is 5.26. The van der Waals surface area contributed by atoms with E-state index >= 15 is 0 Å². The predicted molar refractivity (Wildman–Crippen MR) is 125 cm³/mol. The summed E-state index contributed by atoms with van der Waals surface area (Å²) in [6, 6.07) is 16.7. The van der Waals surface area contributed by atoms with Crippen molar-refractivity contribution in [1.82, 2.24) is 0 Å². The van der Waals surface area contributed by atoms with Crippen molar-refractivity contribution in [1.29, 1.82) is 0 Å². The fraction of sp³-hybridized carbons (Fsp3) is 0.172. The quantitative estimate of drug-likeness (QED) is 0.165. The van der Waals surface area contributed by atoms with Gasteiger partial charge in [0.1, 0.15) is 11.6 Å². The van der Waals surface area contributed by atoms with E-state index in [1.807, 2.05) is 6.07 Å². The topological polar surface area (TPSA) is 0 Å². The standard InChI is InChI=1S/C29H22F4/c1-2-3-4-5-19-8-13-25(27(31)15-19)23-12-11-21(26(30)17-23)9-6-20-7-10-22-16-28(32)29(33)18-24(22)14-20/h7-8,10-18H,2-5H2,1H3. The van der Waals surface area contributed by atoms with Gasteiger partial charge in [0.15, 0.2) is 11.6 Å². The molecule has 0 radical (unpaired) electrons. The summed E-state index contributed by atoms with van der Waals surface area (Å²) in [5, 5.41) is 1.05. The molecule has 4 aromatic carbocycles. The summed E-state index contributed by atoms with van der Waals surface area (Å²) >= 11 is 0. The summed E-state index contributed by atoms with van der Waals surface area (Å²) in [6.07, 6.45) is 4.05. The van der Waals surface area contributed by atoms with Crippen LogP contribution in [0.1, 0.15) is 42.9 Å². The second-order valence-electron chi connectivity index (χ2n) is 8.04. The van der Waals surface area contributed by atoms with Crippen molar-refractivity contribution >= 4 is 10.8 Å². The molecule has 0 spiro atoms. The maximum absolute atomic E-state index is 14.7. The van der Waals surface area contributed by atoms with E-state index in [0.717, 1.165) is 43.4 Å². The van der Waals surface area contributed by atoms with Crippen molar-refractivity contribution in [2.24, 2.45) is 0 Å². The average molecular weight is 446 g/mol. The molecule has 33 heavy (non-hydrogen) atoms. The summed E-state index contributed by atoms with van der Waals surface area (Å²) in [4.78, 5) is 0. The van der Waals surface area contributed by atoms with Gasteiger partial charge in [-0.1, -0.05) is 55.9 Å². The molecule has 4 heteroatoms. The molecule has 0 saturated carbocycles. The van der Waals surface area contributed by atoms with Crippen LogP contribution in [0.15, 0.2) is 66.7 Å². The molecule has 0 aliphatic carbocycles. The summed E-state index contributed by atoms with van der Waals surface area (Å²) in [6.45, 7) is 2.12.